The van der Waals surface area contributed by atoms with Crippen LogP contribution in [0.2, 0.25) is 0 Å². The van der Waals surface area contributed by atoms with Gasteiger partial charge in [-0.15, -0.1) is 5.10 Å². The molecule has 1 aliphatic rings. The van der Waals surface area contributed by atoms with E-state index >= 15 is 0 Å². The van der Waals surface area contributed by atoms with E-state index in [1.54, 1.807) is 0 Å². The molecule has 2 rings (SSSR count). The first-order chi connectivity index (χ1) is 10.2. The third-order valence-corrected chi connectivity index (χ3v) is 3.50. The Kier molecular flexibility index (Phi) is 5.68. The van der Waals surface area contributed by atoms with E-state index in [1.165, 1.54) is 17.3 Å². The van der Waals surface area contributed by atoms with Crippen LogP contribution in [0.4, 0.5) is 0 Å². The first kappa shape index (κ1) is 15.4. The molecule has 0 saturated carbocycles. The molecule has 0 spiro atoms. The van der Waals surface area contributed by atoms with E-state index in [9.17, 15) is 9.59 Å². The Morgan fingerprint density at radius 2 is 2.00 bits per heavy atom. The molecule has 0 atom stereocenters. The summed E-state index contributed by atoms with van der Waals surface area (Å²) in [5.74, 6) is -0.877. The normalized spacial score (nSPS) is 15.1. The second kappa shape index (κ2) is 7.72. The van der Waals surface area contributed by atoms with E-state index in [-0.39, 0.29) is 11.6 Å². The Morgan fingerprint density at radius 1 is 1.24 bits per heavy atom. The number of aromatic carboxylic acids is 1. The summed E-state index contributed by atoms with van der Waals surface area (Å²) in [6, 6.07) is 0. The second-order valence-corrected chi connectivity index (χ2v) is 5.11. The lowest BCUT2D eigenvalue weighted by atomic mass is 10.1. The molecule has 21 heavy (non-hydrogen) atoms. The molecule has 0 bridgehead atoms. The molecule has 1 aromatic heterocycles. The zero-order valence-corrected chi connectivity index (χ0v) is 12.0. The van der Waals surface area contributed by atoms with Crippen LogP contribution >= 0.6 is 0 Å². The first-order valence-electron chi connectivity index (χ1n) is 7.29. The van der Waals surface area contributed by atoms with Gasteiger partial charge in [0.25, 0.3) is 0 Å². The van der Waals surface area contributed by atoms with Gasteiger partial charge in [-0.2, -0.15) is 0 Å². The molecule has 1 aromatic rings. The Balaban J connectivity index is 1.58. The van der Waals surface area contributed by atoms with Gasteiger partial charge in [0.05, 0.1) is 12.7 Å². The van der Waals surface area contributed by atoms with Crippen LogP contribution in [0.25, 0.3) is 0 Å². The number of hydrogen-bond donors (Lipinski definition) is 2. The van der Waals surface area contributed by atoms with Crippen LogP contribution in [-0.4, -0.2) is 63.1 Å². The van der Waals surface area contributed by atoms with Crippen LogP contribution < -0.4 is 5.32 Å². The molecule has 2 N–H and O–H groups in total. The van der Waals surface area contributed by atoms with Gasteiger partial charge in [-0.3, -0.25) is 9.48 Å². The number of carbonyl (C=O) groups is 2. The van der Waals surface area contributed by atoms with Crippen molar-refractivity contribution < 1.29 is 14.7 Å². The Bertz CT molecular complexity index is 482. The fourth-order valence-electron chi connectivity index (χ4n) is 2.32. The number of carbonyl (C=O) groups excluding carboxylic acids is 1. The summed E-state index contributed by atoms with van der Waals surface area (Å²) in [5, 5.41) is 19.1. The zero-order chi connectivity index (χ0) is 15.1. The smallest absolute Gasteiger partial charge is 0.358 e. The van der Waals surface area contributed by atoms with Crippen LogP contribution in [0.15, 0.2) is 6.20 Å². The summed E-state index contributed by atoms with van der Waals surface area (Å²) in [7, 11) is 0. The van der Waals surface area contributed by atoms with Gasteiger partial charge in [0.1, 0.15) is 0 Å². The molecule has 1 aliphatic heterocycles. The highest BCUT2D eigenvalue weighted by atomic mass is 16.4. The molecular weight excluding hydrogens is 274 g/mol. The minimum absolute atomic E-state index is 0.0599. The third kappa shape index (κ3) is 4.82. The highest BCUT2D eigenvalue weighted by Crippen LogP contribution is 2.09. The lowest BCUT2D eigenvalue weighted by molar-refractivity contribution is -0.131. The molecule has 1 amide bonds. The van der Waals surface area contributed by atoms with E-state index in [4.69, 9.17) is 5.11 Å². The number of hydrogen-bond acceptors (Lipinski definition) is 5. The van der Waals surface area contributed by atoms with Crippen LogP contribution in [-0.2, 0) is 11.3 Å². The lowest BCUT2D eigenvalue weighted by Gasteiger charge is -2.26. The molecule has 0 unspecified atom stereocenters. The molecule has 0 aromatic carbocycles. The first-order valence-corrected chi connectivity index (χ1v) is 7.29. The lowest BCUT2D eigenvalue weighted by Crippen LogP contribution is -2.37. The van der Waals surface area contributed by atoms with Gasteiger partial charge < -0.3 is 15.3 Å². The largest absolute Gasteiger partial charge is 0.476 e. The van der Waals surface area contributed by atoms with Gasteiger partial charge in [0, 0.05) is 32.6 Å². The van der Waals surface area contributed by atoms with Crippen LogP contribution in [0.1, 0.15) is 36.2 Å². The van der Waals surface area contributed by atoms with E-state index in [1.807, 2.05) is 4.90 Å². The van der Waals surface area contributed by atoms with Crippen molar-refractivity contribution in [3.8, 4) is 0 Å². The SMILES string of the molecule is O=C(O)c1cn(CCNCCC(=O)N2CCCCC2)nn1. The number of nitrogens with one attached hydrogen (secondary N) is 1. The summed E-state index contributed by atoms with van der Waals surface area (Å²) in [5.41, 5.74) is -0.0599. The summed E-state index contributed by atoms with van der Waals surface area (Å²) in [4.78, 5) is 24.5. The van der Waals surface area contributed by atoms with Gasteiger partial charge in [0.15, 0.2) is 5.69 Å². The van der Waals surface area contributed by atoms with Crippen LogP contribution in [0.5, 0.6) is 0 Å². The molecule has 1 fully saturated rings. The molecule has 1 saturated heterocycles. The van der Waals surface area contributed by atoms with Gasteiger partial charge >= 0.3 is 5.97 Å². The summed E-state index contributed by atoms with van der Waals surface area (Å²) in [6.07, 6.45) is 5.33. The molecular formula is C13H21N5O3. The number of aromatic nitrogens is 3. The van der Waals surface area contributed by atoms with Crippen molar-refractivity contribution in [3.63, 3.8) is 0 Å². The highest BCUT2D eigenvalue weighted by Gasteiger charge is 2.15. The molecule has 0 aliphatic carbocycles. The van der Waals surface area contributed by atoms with Crippen molar-refractivity contribution in [3.05, 3.63) is 11.9 Å². The Hall–Kier alpha value is -1.96. The molecule has 2 heterocycles. The van der Waals surface area contributed by atoms with Crippen molar-refractivity contribution in [1.82, 2.24) is 25.2 Å². The summed E-state index contributed by atoms with van der Waals surface area (Å²) in [6.45, 7) is 3.54. The van der Waals surface area contributed by atoms with Gasteiger partial charge in [-0.1, -0.05) is 5.21 Å². The van der Waals surface area contributed by atoms with E-state index < -0.39 is 5.97 Å². The predicted molar refractivity (Wildman–Crippen MR) is 74.9 cm³/mol. The fraction of sp³-hybridized carbons (Fsp3) is 0.692. The minimum atomic E-state index is -1.08. The third-order valence-electron chi connectivity index (χ3n) is 3.50. The van der Waals surface area contributed by atoms with Crippen molar-refractivity contribution in [2.75, 3.05) is 26.2 Å². The molecule has 0 radical (unpaired) electrons. The van der Waals surface area contributed by atoms with Gasteiger partial charge in [-0.25, -0.2) is 4.79 Å². The monoisotopic (exact) mass is 295 g/mol. The number of amides is 1. The quantitative estimate of drug-likeness (QED) is 0.685. The maximum absolute atomic E-state index is 11.9. The van der Waals surface area contributed by atoms with Crippen LogP contribution in [0, 0.1) is 0 Å². The van der Waals surface area contributed by atoms with E-state index in [2.05, 4.69) is 15.6 Å². The van der Waals surface area contributed by atoms with Crippen molar-refractivity contribution in [2.24, 2.45) is 0 Å². The van der Waals surface area contributed by atoms with Crippen molar-refractivity contribution in [2.45, 2.75) is 32.2 Å². The fourth-order valence-corrected chi connectivity index (χ4v) is 2.32. The average molecular weight is 295 g/mol. The number of likely N-dealkylation sites (tertiary alicyclic amines) is 1. The van der Waals surface area contributed by atoms with E-state index in [0.29, 0.717) is 26.1 Å². The Labute approximate surface area is 123 Å². The number of rotatable bonds is 7. The standard InChI is InChI=1S/C13H21N5O3/c19-12(17-7-2-1-3-8-17)4-5-14-6-9-18-10-11(13(20)21)15-16-18/h10,14H,1-9H2,(H,20,21). The molecule has 116 valence electrons. The van der Waals surface area contributed by atoms with Crippen molar-refractivity contribution in [1.29, 1.82) is 0 Å². The minimum Gasteiger partial charge on any atom is -0.476 e. The van der Waals surface area contributed by atoms with Gasteiger partial charge in [0.2, 0.25) is 5.91 Å². The second-order valence-electron chi connectivity index (χ2n) is 5.11. The molecule has 8 heteroatoms. The zero-order valence-electron chi connectivity index (χ0n) is 12.0. The maximum atomic E-state index is 11.9. The predicted octanol–water partition coefficient (Wildman–Crippen LogP) is -0.0315. The van der Waals surface area contributed by atoms with Crippen molar-refractivity contribution >= 4 is 11.9 Å². The topological polar surface area (TPSA) is 100 Å². The maximum Gasteiger partial charge on any atom is 0.358 e. The van der Waals surface area contributed by atoms with E-state index in [0.717, 1.165) is 25.9 Å². The number of carboxylic acids is 1. The summed E-state index contributed by atoms with van der Waals surface area (Å²) < 4.78 is 1.48. The summed E-state index contributed by atoms with van der Waals surface area (Å²) >= 11 is 0. The van der Waals surface area contributed by atoms with Crippen LogP contribution in [0.3, 0.4) is 0 Å². The van der Waals surface area contributed by atoms with Gasteiger partial charge in [-0.05, 0) is 19.3 Å². The number of carboxylic acid groups (broad SMARTS) is 1. The Morgan fingerprint density at radius 3 is 2.67 bits per heavy atom. The number of nitrogens with zero attached hydrogens (tertiary/aromatic N) is 4. The number of piperidine rings is 1. The average Bonchev–Trinajstić information content (AvgIpc) is 2.97. The highest BCUT2D eigenvalue weighted by molar-refractivity contribution is 5.84. The molecule has 8 nitrogen and oxygen atoms in total.